The van der Waals surface area contributed by atoms with Crippen LogP contribution in [0.15, 0.2) is 6.20 Å². The lowest BCUT2D eigenvalue weighted by Crippen LogP contribution is -2.07. The second kappa shape index (κ2) is 3.69. The standard InChI is InChI=1S/C9H9F2NO2/c1-4-3-12-7(8(10)11)5(2)6(4)9(13)14/h3,8H,1-2H3,(H,13,14). The Kier molecular flexibility index (Phi) is 2.78. The molecule has 1 heterocycles. The number of aromatic carboxylic acids is 1. The van der Waals surface area contributed by atoms with E-state index >= 15 is 0 Å². The van der Waals surface area contributed by atoms with E-state index in [0.717, 1.165) is 6.20 Å². The van der Waals surface area contributed by atoms with E-state index in [0.29, 0.717) is 5.56 Å². The third-order valence-corrected chi connectivity index (χ3v) is 1.97. The van der Waals surface area contributed by atoms with E-state index < -0.39 is 18.1 Å². The fraction of sp³-hybridized carbons (Fsp3) is 0.333. The zero-order chi connectivity index (χ0) is 10.9. The number of aryl methyl sites for hydroxylation is 1. The van der Waals surface area contributed by atoms with Gasteiger partial charge in [0, 0.05) is 6.20 Å². The van der Waals surface area contributed by atoms with Crippen molar-refractivity contribution in [2.45, 2.75) is 20.3 Å². The van der Waals surface area contributed by atoms with Crippen molar-refractivity contribution in [3.05, 3.63) is 28.6 Å². The predicted molar refractivity (Wildman–Crippen MR) is 45.6 cm³/mol. The van der Waals surface area contributed by atoms with Crippen LogP contribution in [0.3, 0.4) is 0 Å². The fourth-order valence-corrected chi connectivity index (χ4v) is 1.30. The van der Waals surface area contributed by atoms with Crippen LogP contribution in [0.25, 0.3) is 0 Å². The summed E-state index contributed by atoms with van der Waals surface area (Å²) in [7, 11) is 0. The van der Waals surface area contributed by atoms with Crippen LogP contribution >= 0.6 is 0 Å². The number of pyridine rings is 1. The minimum absolute atomic E-state index is 0.0347. The lowest BCUT2D eigenvalue weighted by Gasteiger charge is -2.08. The molecular weight excluding hydrogens is 192 g/mol. The average molecular weight is 201 g/mol. The van der Waals surface area contributed by atoms with Crippen molar-refractivity contribution < 1.29 is 18.7 Å². The zero-order valence-electron chi connectivity index (χ0n) is 7.71. The van der Waals surface area contributed by atoms with Gasteiger partial charge in [-0.2, -0.15) is 0 Å². The van der Waals surface area contributed by atoms with Gasteiger partial charge in [-0.3, -0.25) is 4.98 Å². The smallest absolute Gasteiger partial charge is 0.336 e. The van der Waals surface area contributed by atoms with E-state index in [9.17, 15) is 13.6 Å². The van der Waals surface area contributed by atoms with Gasteiger partial charge in [-0.1, -0.05) is 0 Å². The van der Waals surface area contributed by atoms with Crippen LogP contribution in [0.5, 0.6) is 0 Å². The SMILES string of the molecule is Cc1cnc(C(F)F)c(C)c1C(=O)O. The first-order valence-electron chi connectivity index (χ1n) is 3.92. The van der Waals surface area contributed by atoms with Gasteiger partial charge >= 0.3 is 5.97 Å². The molecule has 5 heteroatoms. The average Bonchev–Trinajstić information content (AvgIpc) is 2.02. The van der Waals surface area contributed by atoms with Crippen molar-refractivity contribution in [2.24, 2.45) is 0 Å². The maximum atomic E-state index is 12.3. The Bertz CT molecular complexity index is 377. The van der Waals surface area contributed by atoms with E-state index in [1.807, 2.05) is 0 Å². The Labute approximate surface area is 79.4 Å². The number of rotatable bonds is 2. The maximum absolute atomic E-state index is 12.3. The van der Waals surface area contributed by atoms with Crippen LogP contribution in [0.1, 0.15) is 33.6 Å². The van der Waals surface area contributed by atoms with Gasteiger partial charge in [0.05, 0.1) is 5.56 Å². The second-order valence-corrected chi connectivity index (χ2v) is 2.93. The summed E-state index contributed by atoms with van der Waals surface area (Å²) < 4.78 is 24.7. The molecule has 0 aliphatic carbocycles. The van der Waals surface area contributed by atoms with Crippen molar-refractivity contribution in [1.29, 1.82) is 0 Å². The molecule has 1 aromatic rings. The summed E-state index contributed by atoms with van der Waals surface area (Å²) in [5.41, 5.74) is -0.129. The number of hydrogen-bond acceptors (Lipinski definition) is 2. The molecular formula is C9H9F2NO2. The third-order valence-electron chi connectivity index (χ3n) is 1.97. The summed E-state index contributed by atoms with van der Waals surface area (Å²) in [6.45, 7) is 2.86. The number of hydrogen-bond donors (Lipinski definition) is 1. The molecule has 1 rings (SSSR count). The van der Waals surface area contributed by atoms with Crippen molar-refractivity contribution >= 4 is 5.97 Å². The van der Waals surface area contributed by atoms with Crippen molar-refractivity contribution in [2.75, 3.05) is 0 Å². The topological polar surface area (TPSA) is 50.2 Å². The summed E-state index contributed by atoms with van der Waals surface area (Å²) in [4.78, 5) is 14.3. The lowest BCUT2D eigenvalue weighted by molar-refractivity contribution is 0.0694. The van der Waals surface area contributed by atoms with E-state index in [4.69, 9.17) is 5.11 Å². The molecule has 1 aromatic heterocycles. The first kappa shape index (κ1) is 10.6. The number of aromatic nitrogens is 1. The zero-order valence-corrected chi connectivity index (χ0v) is 7.71. The van der Waals surface area contributed by atoms with Crippen LogP contribution in [-0.4, -0.2) is 16.1 Å². The molecule has 1 N–H and O–H groups in total. The molecule has 0 radical (unpaired) electrons. The number of nitrogens with zero attached hydrogens (tertiary/aromatic N) is 1. The van der Waals surface area contributed by atoms with Gasteiger partial charge in [0.15, 0.2) is 0 Å². The summed E-state index contributed by atoms with van der Waals surface area (Å²) >= 11 is 0. The van der Waals surface area contributed by atoms with Crippen LogP contribution in [-0.2, 0) is 0 Å². The minimum atomic E-state index is -2.74. The molecule has 0 aliphatic rings. The highest BCUT2D eigenvalue weighted by atomic mass is 19.3. The number of halogens is 2. The van der Waals surface area contributed by atoms with Gasteiger partial charge in [-0.25, -0.2) is 13.6 Å². The van der Waals surface area contributed by atoms with Gasteiger partial charge in [0.1, 0.15) is 5.69 Å². The molecule has 0 aliphatic heterocycles. The molecule has 0 saturated carbocycles. The summed E-state index contributed by atoms with van der Waals surface area (Å²) in [5.74, 6) is -1.20. The van der Waals surface area contributed by atoms with E-state index in [-0.39, 0.29) is 11.1 Å². The quantitative estimate of drug-likeness (QED) is 0.798. The van der Waals surface area contributed by atoms with Crippen molar-refractivity contribution in [3.63, 3.8) is 0 Å². The largest absolute Gasteiger partial charge is 0.478 e. The Morgan fingerprint density at radius 3 is 2.50 bits per heavy atom. The summed E-state index contributed by atoms with van der Waals surface area (Å²) in [5, 5.41) is 8.78. The monoisotopic (exact) mass is 201 g/mol. The van der Waals surface area contributed by atoms with E-state index in [1.165, 1.54) is 13.8 Å². The molecule has 0 spiro atoms. The molecule has 0 fully saturated rings. The fourth-order valence-electron chi connectivity index (χ4n) is 1.30. The van der Waals surface area contributed by atoms with Crippen LogP contribution in [0.4, 0.5) is 8.78 Å². The number of alkyl halides is 2. The van der Waals surface area contributed by atoms with Gasteiger partial charge in [-0.15, -0.1) is 0 Å². The molecule has 0 unspecified atom stereocenters. The normalized spacial score (nSPS) is 10.6. The van der Waals surface area contributed by atoms with E-state index in [2.05, 4.69) is 4.98 Å². The van der Waals surface area contributed by atoms with Gasteiger partial charge in [0.25, 0.3) is 6.43 Å². The molecule has 0 bridgehead atoms. The molecule has 3 nitrogen and oxygen atoms in total. The predicted octanol–water partition coefficient (Wildman–Crippen LogP) is 2.33. The van der Waals surface area contributed by atoms with Crippen LogP contribution in [0.2, 0.25) is 0 Å². The Morgan fingerprint density at radius 1 is 1.50 bits per heavy atom. The van der Waals surface area contributed by atoms with Crippen LogP contribution < -0.4 is 0 Å². The van der Waals surface area contributed by atoms with Gasteiger partial charge in [0.2, 0.25) is 0 Å². The first-order valence-corrected chi connectivity index (χ1v) is 3.92. The highest BCUT2D eigenvalue weighted by Crippen LogP contribution is 2.24. The highest BCUT2D eigenvalue weighted by molar-refractivity contribution is 5.91. The molecule has 14 heavy (non-hydrogen) atoms. The lowest BCUT2D eigenvalue weighted by atomic mass is 10.0. The highest BCUT2D eigenvalue weighted by Gasteiger charge is 2.19. The number of carbonyl (C=O) groups is 1. The number of carboxylic acids is 1. The van der Waals surface area contributed by atoms with Crippen molar-refractivity contribution in [1.82, 2.24) is 4.98 Å². The Balaban J connectivity index is 3.41. The third kappa shape index (κ3) is 1.71. The Morgan fingerprint density at radius 2 is 2.07 bits per heavy atom. The number of carboxylic acid groups (broad SMARTS) is 1. The second-order valence-electron chi connectivity index (χ2n) is 2.93. The van der Waals surface area contributed by atoms with E-state index in [1.54, 1.807) is 0 Å². The Hall–Kier alpha value is -1.52. The van der Waals surface area contributed by atoms with Gasteiger partial charge in [-0.05, 0) is 25.0 Å². The summed E-state index contributed by atoms with van der Waals surface area (Å²) in [6, 6.07) is 0. The maximum Gasteiger partial charge on any atom is 0.336 e. The summed E-state index contributed by atoms with van der Waals surface area (Å²) in [6.07, 6.45) is -1.59. The molecule has 76 valence electrons. The molecule has 0 atom stereocenters. The molecule has 0 saturated heterocycles. The minimum Gasteiger partial charge on any atom is -0.478 e. The molecule has 0 amide bonds. The van der Waals surface area contributed by atoms with Crippen LogP contribution in [0, 0.1) is 13.8 Å². The van der Waals surface area contributed by atoms with Crippen molar-refractivity contribution in [3.8, 4) is 0 Å². The first-order chi connectivity index (χ1) is 6.45. The van der Waals surface area contributed by atoms with Gasteiger partial charge < -0.3 is 5.11 Å². The molecule has 0 aromatic carbocycles.